The molecule has 3 aromatic carbocycles. The molecule has 164 valence electrons. The Morgan fingerprint density at radius 1 is 0.818 bits per heavy atom. The van der Waals surface area contributed by atoms with E-state index < -0.39 is 5.91 Å². The summed E-state index contributed by atoms with van der Waals surface area (Å²) in [6.45, 7) is 1.99. The zero-order chi connectivity index (χ0) is 23.1. The van der Waals surface area contributed by atoms with E-state index in [2.05, 4.69) is 10.3 Å². The van der Waals surface area contributed by atoms with Crippen LogP contribution in [0.4, 0.5) is 5.69 Å². The van der Waals surface area contributed by atoms with Crippen molar-refractivity contribution in [3.05, 3.63) is 93.1 Å². The lowest BCUT2D eigenvalue weighted by atomic mass is 10.2. The SMILES string of the molecule is Cc1ccc2nc(-c3ccc(Cl)c(NC(=O)c4ccc(-c5ccc(Cl)c(Cl)c5)o4)c3)oc2c1. The number of aryl methyl sites for hydroxylation is 1. The van der Waals surface area contributed by atoms with Crippen molar-refractivity contribution in [1.82, 2.24) is 4.98 Å². The number of carbonyl (C=O) groups is 1. The number of rotatable bonds is 4. The van der Waals surface area contributed by atoms with Gasteiger partial charge in [-0.2, -0.15) is 0 Å². The molecule has 0 saturated heterocycles. The van der Waals surface area contributed by atoms with E-state index in [1.807, 2.05) is 25.1 Å². The van der Waals surface area contributed by atoms with Gasteiger partial charge in [0.05, 0.1) is 20.8 Å². The molecule has 33 heavy (non-hydrogen) atoms. The second-order valence-corrected chi connectivity index (χ2v) is 8.65. The van der Waals surface area contributed by atoms with Crippen molar-refractivity contribution < 1.29 is 13.6 Å². The Kier molecular flexibility index (Phi) is 5.62. The summed E-state index contributed by atoms with van der Waals surface area (Å²) in [7, 11) is 0. The van der Waals surface area contributed by atoms with Gasteiger partial charge in [-0.3, -0.25) is 4.79 Å². The van der Waals surface area contributed by atoms with Crippen LogP contribution in [0.25, 0.3) is 33.9 Å². The first kappa shape index (κ1) is 21.6. The molecule has 0 aliphatic carbocycles. The molecule has 0 radical (unpaired) electrons. The average molecular weight is 498 g/mol. The van der Waals surface area contributed by atoms with Gasteiger partial charge in [0.1, 0.15) is 11.3 Å². The van der Waals surface area contributed by atoms with E-state index in [4.69, 9.17) is 43.6 Å². The van der Waals surface area contributed by atoms with Crippen LogP contribution in [-0.4, -0.2) is 10.9 Å². The highest BCUT2D eigenvalue weighted by Crippen LogP contribution is 2.32. The summed E-state index contributed by atoms with van der Waals surface area (Å²) in [5, 5.41) is 3.99. The fraction of sp³-hybridized carbons (Fsp3) is 0.0400. The molecular weight excluding hydrogens is 483 g/mol. The summed E-state index contributed by atoms with van der Waals surface area (Å²) < 4.78 is 11.6. The van der Waals surface area contributed by atoms with Gasteiger partial charge in [0.25, 0.3) is 5.91 Å². The van der Waals surface area contributed by atoms with E-state index in [0.29, 0.717) is 49.1 Å². The lowest BCUT2D eigenvalue weighted by molar-refractivity contribution is 0.0997. The quantitative estimate of drug-likeness (QED) is 0.271. The molecule has 1 amide bonds. The second-order valence-electron chi connectivity index (χ2n) is 7.43. The monoisotopic (exact) mass is 496 g/mol. The second kappa shape index (κ2) is 8.60. The number of benzene rings is 3. The van der Waals surface area contributed by atoms with Crippen LogP contribution >= 0.6 is 34.8 Å². The number of halogens is 3. The van der Waals surface area contributed by atoms with E-state index >= 15 is 0 Å². The number of nitrogens with one attached hydrogen (secondary N) is 1. The fourth-order valence-electron chi connectivity index (χ4n) is 3.36. The minimum absolute atomic E-state index is 0.120. The minimum atomic E-state index is -0.450. The van der Waals surface area contributed by atoms with Gasteiger partial charge in [-0.05, 0) is 73.2 Å². The molecule has 0 fully saturated rings. The third kappa shape index (κ3) is 4.35. The summed E-state index contributed by atoms with van der Waals surface area (Å²) in [4.78, 5) is 17.3. The predicted molar refractivity (Wildman–Crippen MR) is 131 cm³/mol. The summed E-state index contributed by atoms with van der Waals surface area (Å²) in [6, 6.07) is 19.3. The van der Waals surface area contributed by atoms with Crippen molar-refractivity contribution in [3.63, 3.8) is 0 Å². The molecule has 0 unspecified atom stereocenters. The van der Waals surface area contributed by atoms with Gasteiger partial charge in [-0.1, -0.05) is 40.9 Å². The summed E-state index contributed by atoms with van der Waals surface area (Å²) in [5.41, 5.74) is 4.31. The van der Waals surface area contributed by atoms with Crippen LogP contribution in [0, 0.1) is 6.92 Å². The predicted octanol–water partition coefficient (Wildman–Crippen LogP) is 8.28. The maximum atomic E-state index is 12.8. The molecule has 2 aromatic heterocycles. The van der Waals surface area contributed by atoms with Crippen LogP contribution in [0.2, 0.25) is 15.1 Å². The van der Waals surface area contributed by atoms with E-state index in [9.17, 15) is 4.79 Å². The molecule has 0 aliphatic heterocycles. The van der Waals surface area contributed by atoms with Crippen molar-refractivity contribution in [2.75, 3.05) is 5.32 Å². The Labute approximate surface area is 203 Å². The molecule has 8 heteroatoms. The number of hydrogen-bond donors (Lipinski definition) is 1. The van der Waals surface area contributed by atoms with Crippen molar-refractivity contribution in [2.24, 2.45) is 0 Å². The molecule has 5 aromatic rings. The molecule has 0 atom stereocenters. The number of anilines is 1. The molecule has 0 saturated carbocycles. The molecule has 5 rings (SSSR count). The van der Waals surface area contributed by atoms with Crippen molar-refractivity contribution in [1.29, 1.82) is 0 Å². The van der Waals surface area contributed by atoms with E-state index in [1.54, 1.807) is 48.5 Å². The van der Waals surface area contributed by atoms with E-state index in [0.717, 1.165) is 11.1 Å². The number of fused-ring (bicyclic) bond motifs is 1. The summed E-state index contributed by atoms with van der Waals surface area (Å²) in [5.74, 6) is 0.589. The number of oxazole rings is 1. The van der Waals surface area contributed by atoms with Gasteiger partial charge in [-0.15, -0.1) is 0 Å². The molecule has 1 N–H and O–H groups in total. The Morgan fingerprint density at radius 3 is 2.42 bits per heavy atom. The minimum Gasteiger partial charge on any atom is -0.451 e. The third-order valence-electron chi connectivity index (χ3n) is 5.04. The van der Waals surface area contributed by atoms with Gasteiger partial charge in [0.15, 0.2) is 11.3 Å². The van der Waals surface area contributed by atoms with Crippen LogP contribution in [0.15, 0.2) is 75.6 Å². The van der Waals surface area contributed by atoms with Gasteiger partial charge in [0, 0.05) is 11.1 Å². The maximum absolute atomic E-state index is 12.8. The van der Waals surface area contributed by atoms with Crippen LogP contribution < -0.4 is 5.32 Å². The number of furan rings is 1. The highest BCUT2D eigenvalue weighted by Gasteiger charge is 2.16. The number of nitrogens with zero attached hydrogens (tertiary/aromatic N) is 1. The highest BCUT2D eigenvalue weighted by molar-refractivity contribution is 6.42. The van der Waals surface area contributed by atoms with Crippen molar-refractivity contribution in [3.8, 4) is 22.8 Å². The zero-order valence-electron chi connectivity index (χ0n) is 17.2. The van der Waals surface area contributed by atoms with Gasteiger partial charge < -0.3 is 14.2 Å². The van der Waals surface area contributed by atoms with Crippen LogP contribution in [0.5, 0.6) is 0 Å². The lowest BCUT2D eigenvalue weighted by Gasteiger charge is -2.07. The molecular formula is C25H15Cl3N2O3. The Bertz CT molecular complexity index is 1520. The van der Waals surface area contributed by atoms with Crippen molar-refractivity contribution >= 4 is 57.5 Å². The lowest BCUT2D eigenvalue weighted by Crippen LogP contribution is -2.11. The smallest absolute Gasteiger partial charge is 0.291 e. The molecule has 2 heterocycles. The molecule has 5 nitrogen and oxygen atoms in total. The summed E-state index contributed by atoms with van der Waals surface area (Å²) in [6.07, 6.45) is 0. The van der Waals surface area contributed by atoms with Crippen LogP contribution in [0.1, 0.15) is 16.1 Å². The third-order valence-corrected chi connectivity index (χ3v) is 6.11. The Balaban J connectivity index is 1.40. The number of carbonyl (C=O) groups excluding carboxylic acids is 1. The molecule has 0 spiro atoms. The first-order valence-corrected chi connectivity index (χ1v) is 11.0. The van der Waals surface area contributed by atoms with Gasteiger partial charge >= 0.3 is 0 Å². The topological polar surface area (TPSA) is 68.3 Å². The molecule has 0 aliphatic rings. The van der Waals surface area contributed by atoms with Crippen LogP contribution in [-0.2, 0) is 0 Å². The first-order valence-electron chi connectivity index (χ1n) is 9.91. The number of amides is 1. The van der Waals surface area contributed by atoms with E-state index in [-0.39, 0.29) is 5.76 Å². The van der Waals surface area contributed by atoms with Crippen molar-refractivity contribution in [2.45, 2.75) is 6.92 Å². The van der Waals surface area contributed by atoms with Crippen LogP contribution in [0.3, 0.4) is 0 Å². The maximum Gasteiger partial charge on any atom is 0.291 e. The standard InChI is InChI=1S/C25H15Cl3N2O3/c1-13-2-7-19-23(10-13)33-25(30-19)15-4-6-17(27)20(12-15)29-24(31)22-9-8-21(32-22)14-3-5-16(26)18(28)11-14/h2-12H,1H3,(H,29,31). The zero-order valence-corrected chi connectivity index (χ0v) is 19.4. The Hall–Kier alpha value is -3.25. The van der Waals surface area contributed by atoms with E-state index in [1.165, 1.54) is 0 Å². The summed E-state index contributed by atoms with van der Waals surface area (Å²) >= 11 is 18.4. The number of hydrogen-bond acceptors (Lipinski definition) is 4. The normalized spacial score (nSPS) is 11.2. The molecule has 0 bridgehead atoms. The average Bonchev–Trinajstić information content (AvgIpc) is 3.44. The largest absolute Gasteiger partial charge is 0.451 e. The Morgan fingerprint density at radius 2 is 1.61 bits per heavy atom. The number of aromatic nitrogens is 1. The van der Waals surface area contributed by atoms with Gasteiger partial charge in [-0.25, -0.2) is 4.98 Å². The first-order chi connectivity index (χ1) is 15.9. The van der Waals surface area contributed by atoms with Gasteiger partial charge in [0.2, 0.25) is 5.89 Å². The fourth-order valence-corrected chi connectivity index (χ4v) is 3.82. The highest BCUT2D eigenvalue weighted by atomic mass is 35.5.